The van der Waals surface area contributed by atoms with E-state index in [-0.39, 0.29) is 17.9 Å². The Labute approximate surface area is 177 Å². The third-order valence-corrected chi connectivity index (χ3v) is 5.51. The molecule has 3 aromatic rings. The van der Waals surface area contributed by atoms with E-state index in [0.29, 0.717) is 23.9 Å². The normalized spacial score (nSPS) is 12.3. The molecule has 1 heterocycles. The maximum atomic E-state index is 12.6. The largest absolute Gasteiger partial charge is 0.490 e. The average Bonchev–Trinajstić information content (AvgIpc) is 3.09. The minimum Gasteiger partial charge on any atom is -0.490 e. The number of nitrogens with one attached hydrogen (secondary N) is 1. The summed E-state index contributed by atoms with van der Waals surface area (Å²) in [6.45, 7) is 7.11. The maximum Gasteiger partial charge on any atom is 0.223 e. The Balaban J connectivity index is 1.80. The van der Waals surface area contributed by atoms with E-state index in [4.69, 9.17) is 21.3 Å². The molecule has 0 bridgehead atoms. The van der Waals surface area contributed by atoms with Gasteiger partial charge < -0.3 is 14.6 Å². The lowest BCUT2D eigenvalue weighted by Crippen LogP contribution is -2.33. The van der Waals surface area contributed by atoms with E-state index in [1.54, 1.807) is 0 Å². The van der Waals surface area contributed by atoms with Gasteiger partial charge in [-0.3, -0.25) is 4.79 Å². The van der Waals surface area contributed by atoms with Gasteiger partial charge in [-0.05, 0) is 44.0 Å². The van der Waals surface area contributed by atoms with Crippen LogP contribution < -0.4 is 10.1 Å². The molecule has 154 valence electrons. The molecule has 6 heteroatoms. The monoisotopic (exact) mass is 413 g/mol. The Kier molecular flexibility index (Phi) is 7.15. The minimum absolute atomic E-state index is 0.0267. The predicted molar refractivity (Wildman–Crippen MR) is 117 cm³/mol. The number of hydrogen-bond acceptors (Lipinski definition) is 3. The first-order valence-corrected chi connectivity index (χ1v) is 10.6. The number of ether oxygens (including phenoxy) is 1. The fraction of sp³-hybridized carbons (Fsp3) is 0.391. The first-order valence-electron chi connectivity index (χ1n) is 10.2. The number of amides is 1. The van der Waals surface area contributed by atoms with E-state index < -0.39 is 0 Å². The van der Waals surface area contributed by atoms with Gasteiger partial charge in [-0.15, -0.1) is 0 Å². The molecule has 1 amide bonds. The van der Waals surface area contributed by atoms with Crippen molar-refractivity contribution in [1.29, 1.82) is 0 Å². The summed E-state index contributed by atoms with van der Waals surface area (Å²) in [5, 5.41) is 3.72. The highest BCUT2D eigenvalue weighted by molar-refractivity contribution is 6.32. The third-order valence-electron chi connectivity index (χ3n) is 5.20. The van der Waals surface area contributed by atoms with Crippen LogP contribution in [0.25, 0.3) is 11.0 Å². The molecule has 0 aliphatic heterocycles. The van der Waals surface area contributed by atoms with Gasteiger partial charge in [-0.2, -0.15) is 0 Å². The molecule has 5 nitrogen and oxygen atoms in total. The molecule has 2 aromatic carbocycles. The van der Waals surface area contributed by atoms with Crippen LogP contribution >= 0.6 is 11.6 Å². The number of halogens is 1. The SMILES string of the molecule is CCC(CC)C(=O)NC(C)c1nc2ccccc2n1CCOc1ccccc1Cl. The van der Waals surface area contributed by atoms with Crippen LogP contribution in [-0.2, 0) is 11.3 Å². The molecule has 0 aliphatic rings. The number of carbonyl (C=O) groups is 1. The van der Waals surface area contributed by atoms with Crippen molar-refractivity contribution in [2.45, 2.75) is 46.2 Å². The number of fused-ring (bicyclic) bond motifs is 1. The number of hydrogen-bond donors (Lipinski definition) is 1. The van der Waals surface area contributed by atoms with Crippen molar-refractivity contribution < 1.29 is 9.53 Å². The minimum atomic E-state index is -0.198. The van der Waals surface area contributed by atoms with Gasteiger partial charge in [-0.1, -0.05) is 49.7 Å². The number of imidazole rings is 1. The van der Waals surface area contributed by atoms with Crippen LogP contribution in [0.1, 0.15) is 45.5 Å². The highest BCUT2D eigenvalue weighted by Gasteiger charge is 2.21. The van der Waals surface area contributed by atoms with E-state index in [9.17, 15) is 4.79 Å². The first-order chi connectivity index (χ1) is 14.0. The molecule has 1 unspecified atom stereocenters. The second-order valence-electron chi connectivity index (χ2n) is 7.13. The van der Waals surface area contributed by atoms with E-state index >= 15 is 0 Å². The number of carbonyl (C=O) groups excluding carboxylic acids is 1. The summed E-state index contributed by atoms with van der Waals surface area (Å²) in [7, 11) is 0. The second kappa shape index (κ2) is 9.79. The van der Waals surface area contributed by atoms with Crippen molar-refractivity contribution in [3.63, 3.8) is 0 Å². The zero-order valence-corrected chi connectivity index (χ0v) is 17.9. The number of rotatable bonds is 9. The van der Waals surface area contributed by atoms with Crippen molar-refractivity contribution in [1.82, 2.24) is 14.9 Å². The fourth-order valence-corrected chi connectivity index (χ4v) is 3.71. The van der Waals surface area contributed by atoms with Crippen molar-refractivity contribution in [3.8, 4) is 5.75 Å². The zero-order chi connectivity index (χ0) is 20.8. The van der Waals surface area contributed by atoms with Crippen LogP contribution in [0.5, 0.6) is 5.75 Å². The molecule has 29 heavy (non-hydrogen) atoms. The molecule has 0 aliphatic carbocycles. The smallest absolute Gasteiger partial charge is 0.223 e. The highest BCUT2D eigenvalue weighted by atomic mass is 35.5. The Hall–Kier alpha value is -2.53. The quantitative estimate of drug-likeness (QED) is 0.512. The van der Waals surface area contributed by atoms with E-state index in [1.165, 1.54) is 0 Å². The maximum absolute atomic E-state index is 12.6. The summed E-state index contributed by atoms with van der Waals surface area (Å²) < 4.78 is 8.00. The lowest BCUT2D eigenvalue weighted by Gasteiger charge is -2.19. The van der Waals surface area contributed by atoms with Crippen molar-refractivity contribution in [2.75, 3.05) is 6.61 Å². The van der Waals surface area contributed by atoms with Gasteiger partial charge in [0.05, 0.1) is 28.6 Å². The Morgan fingerprint density at radius 1 is 1.14 bits per heavy atom. The zero-order valence-electron chi connectivity index (χ0n) is 17.2. The van der Waals surface area contributed by atoms with Gasteiger partial charge in [0.1, 0.15) is 18.2 Å². The molecular weight excluding hydrogens is 386 g/mol. The Morgan fingerprint density at radius 3 is 2.55 bits per heavy atom. The van der Waals surface area contributed by atoms with E-state index in [2.05, 4.69) is 9.88 Å². The molecular formula is C23H28ClN3O2. The third kappa shape index (κ3) is 4.91. The van der Waals surface area contributed by atoms with Crippen LogP contribution in [0.15, 0.2) is 48.5 Å². The van der Waals surface area contributed by atoms with Gasteiger partial charge in [0, 0.05) is 5.92 Å². The van der Waals surface area contributed by atoms with E-state index in [0.717, 1.165) is 29.7 Å². The molecule has 1 N–H and O–H groups in total. The van der Waals surface area contributed by atoms with Crippen molar-refractivity contribution in [3.05, 3.63) is 59.4 Å². The van der Waals surface area contributed by atoms with Crippen molar-refractivity contribution >= 4 is 28.5 Å². The number of nitrogens with zero attached hydrogens (tertiary/aromatic N) is 2. The summed E-state index contributed by atoms with van der Waals surface area (Å²) in [5.74, 6) is 1.59. The van der Waals surface area contributed by atoms with Gasteiger partial charge in [0.2, 0.25) is 5.91 Å². The molecule has 3 rings (SSSR count). The molecule has 0 saturated carbocycles. The van der Waals surface area contributed by atoms with Crippen LogP contribution in [0.3, 0.4) is 0 Å². The van der Waals surface area contributed by atoms with Gasteiger partial charge in [0.15, 0.2) is 0 Å². The van der Waals surface area contributed by atoms with Gasteiger partial charge >= 0.3 is 0 Å². The summed E-state index contributed by atoms with van der Waals surface area (Å²) >= 11 is 6.18. The molecule has 1 atom stereocenters. The predicted octanol–water partition coefficient (Wildman–Crippen LogP) is 5.38. The molecule has 1 aromatic heterocycles. The second-order valence-corrected chi connectivity index (χ2v) is 7.54. The summed E-state index contributed by atoms with van der Waals surface area (Å²) in [6.07, 6.45) is 1.66. The number of benzene rings is 2. The molecule has 0 spiro atoms. The summed E-state index contributed by atoms with van der Waals surface area (Å²) in [5.41, 5.74) is 1.93. The lowest BCUT2D eigenvalue weighted by atomic mass is 10.0. The standard InChI is InChI=1S/C23H28ClN3O2/c1-4-17(5-2)23(28)25-16(3)22-26-19-11-7-8-12-20(19)27(22)14-15-29-21-13-9-6-10-18(21)24/h6-13,16-17H,4-5,14-15H2,1-3H3,(H,25,28). The Morgan fingerprint density at radius 2 is 1.83 bits per heavy atom. The summed E-state index contributed by atoms with van der Waals surface area (Å²) in [4.78, 5) is 17.4. The fourth-order valence-electron chi connectivity index (χ4n) is 3.52. The lowest BCUT2D eigenvalue weighted by molar-refractivity contribution is -0.125. The van der Waals surface area contributed by atoms with Gasteiger partial charge in [-0.25, -0.2) is 4.98 Å². The van der Waals surface area contributed by atoms with Crippen LogP contribution in [0, 0.1) is 5.92 Å². The van der Waals surface area contributed by atoms with Crippen molar-refractivity contribution in [2.24, 2.45) is 5.92 Å². The highest BCUT2D eigenvalue weighted by Crippen LogP contribution is 2.24. The average molecular weight is 414 g/mol. The first kappa shape index (κ1) is 21.2. The number of para-hydroxylation sites is 3. The van der Waals surface area contributed by atoms with Gasteiger partial charge in [0.25, 0.3) is 0 Å². The summed E-state index contributed by atoms with van der Waals surface area (Å²) in [6, 6.07) is 15.2. The van der Waals surface area contributed by atoms with Crippen LogP contribution in [0.2, 0.25) is 5.02 Å². The number of aromatic nitrogens is 2. The topological polar surface area (TPSA) is 56.2 Å². The Bertz CT molecular complexity index is 966. The molecule has 0 fully saturated rings. The van der Waals surface area contributed by atoms with Crippen LogP contribution in [0.4, 0.5) is 0 Å². The molecule has 0 radical (unpaired) electrons. The van der Waals surface area contributed by atoms with Crippen LogP contribution in [-0.4, -0.2) is 22.1 Å². The molecule has 0 saturated heterocycles. The van der Waals surface area contributed by atoms with E-state index in [1.807, 2.05) is 69.3 Å².